The van der Waals surface area contributed by atoms with Crippen molar-refractivity contribution in [2.45, 2.75) is 19.7 Å². The molecule has 1 aromatic heterocycles. The minimum absolute atomic E-state index is 0.0203. The molecule has 0 fully saturated rings. The molecule has 4 nitrogen and oxygen atoms in total. The Kier molecular flexibility index (Phi) is 7.27. The summed E-state index contributed by atoms with van der Waals surface area (Å²) in [7, 11) is 1.08. The van der Waals surface area contributed by atoms with E-state index < -0.39 is 29.3 Å². The molecule has 0 aliphatic carbocycles. The lowest BCUT2D eigenvalue weighted by Crippen LogP contribution is -2.11. The Hall–Kier alpha value is -3.85. The zero-order valence-electron chi connectivity index (χ0n) is 19.5. The van der Waals surface area contributed by atoms with E-state index in [-0.39, 0.29) is 29.2 Å². The Balaban J connectivity index is 1.84. The number of aryl methyl sites for hydroxylation is 1. The summed E-state index contributed by atoms with van der Waals surface area (Å²) in [6, 6.07) is 14.5. The molecule has 0 N–H and O–H groups in total. The van der Waals surface area contributed by atoms with Crippen LogP contribution in [-0.4, -0.2) is 17.6 Å². The second-order valence-corrected chi connectivity index (χ2v) is 8.53. The predicted octanol–water partition coefficient (Wildman–Crippen LogP) is 7.77. The fraction of sp³-hybridized carbons (Fsp3) is 0.148. The Labute approximate surface area is 213 Å². The van der Waals surface area contributed by atoms with Crippen molar-refractivity contribution in [1.82, 2.24) is 4.57 Å². The summed E-state index contributed by atoms with van der Waals surface area (Å²) in [6.45, 7) is 1.36. The number of rotatable bonds is 6. The van der Waals surface area contributed by atoms with E-state index in [1.54, 1.807) is 25.1 Å². The molecular weight excluding hydrogens is 517 g/mol. The summed E-state index contributed by atoms with van der Waals surface area (Å²) in [4.78, 5) is 12.1. The summed E-state index contributed by atoms with van der Waals surface area (Å²) >= 11 is 6.22. The molecule has 0 amide bonds. The van der Waals surface area contributed by atoms with Crippen LogP contribution < -0.4 is 4.74 Å². The SMILES string of the molecule is COC(=O)c1cc(-n2c(C)ccc2-c2cc(Cl)ccc2OCc2cccc(F)c2F)cc(C(F)(F)F)c1. The average molecular weight is 536 g/mol. The van der Waals surface area contributed by atoms with Crippen molar-refractivity contribution in [3.05, 3.63) is 106 Å². The van der Waals surface area contributed by atoms with Gasteiger partial charge in [-0.25, -0.2) is 13.6 Å². The van der Waals surface area contributed by atoms with Crippen LogP contribution in [0.3, 0.4) is 0 Å². The molecule has 4 rings (SSSR count). The standard InChI is InChI=1S/C27H19ClF5NO3/c1-15-6-8-23(34(15)20-11-17(26(35)36-2)10-18(12-20)27(31,32)33)21-13-19(28)7-9-24(21)37-14-16-4-3-5-22(29)25(16)30/h3-13H,14H2,1-2H3. The van der Waals surface area contributed by atoms with Gasteiger partial charge in [-0.3, -0.25) is 0 Å². The molecule has 0 aliphatic rings. The van der Waals surface area contributed by atoms with E-state index >= 15 is 0 Å². The van der Waals surface area contributed by atoms with Gasteiger partial charge in [-0.05, 0) is 61.5 Å². The molecule has 1 heterocycles. The second-order valence-electron chi connectivity index (χ2n) is 8.10. The minimum Gasteiger partial charge on any atom is -0.488 e. The van der Waals surface area contributed by atoms with Crippen LogP contribution in [0, 0.1) is 18.6 Å². The number of carbonyl (C=O) groups excluding carboxylic acids is 1. The Morgan fingerprint density at radius 2 is 1.76 bits per heavy atom. The van der Waals surface area contributed by atoms with Crippen LogP contribution >= 0.6 is 11.6 Å². The van der Waals surface area contributed by atoms with Crippen molar-refractivity contribution in [2.24, 2.45) is 0 Å². The summed E-state index contributed by atoms with van der Waals surface area (Å²) in [5.74, 6) is -2.76. The van der Waals surface area contributed by atoms with Gasteiger partial charge < -0.3 is 14.0 Å². The van der Waals surface area contributed by atoms with Crippen molar-refractivity contribution in [1.29, 1.82) is 0 Å². The number of benzene rings is 3. The van der Waals surface area contributed by atoms with Crippen LogP contribution in [-0.2, 0) is 17.5 Å². The van der Waals surface area contributed by atoms with Gasteiger partial charge in [-0.1, -0.05) is 23.7 Å². The third-order valence-electron chi connectivity index (χ3n) is 5.63. The molecule has 3 aromatic carbocycles. The highest BCUT2D eigenvalue weighted by Gasteiger charge is 2.32. The normalized spacial score (nSPS) is 11.5. The number of alkyl halides is 3. The zero-order valence-corrected chi connectivity index (χ0v) is 20.3. The molecule has 0 radical (unpaired) electrons. The van der Waals surface area contributed by atoms with Crippen LogP contribution in [0.2, 0.25) is 5.02 Å². The maximum atomic E-state index is 14.1. The largest absolute Gasteiger partial charge is 0.488 e. The maximum Gasteiger partial charge on any atom is 0.416 e. The second kappa shape index (κ2) is 10.3. The quantitative estimate of drug-likeness (QED) is 0.187. The van der Waals surface area contributed by atoms with Crippen molar-refractivity contribution in [2.75, 3.05) is 7.11 Å². The van der Waals surface area contributed by atoms with Gasteiger partial charge in [0.1, 0.15) is 12.4 Å². The predicted molar refractivity (Wildman–Crippen MR) is 128 cm³/mol. The molecule has 37 heavy (non-hydrogen) atoms. The monoisotopic (exact) mass is 535 g/mol. The topological polar surface area (TPSA) is 40.5 Å². The number of esters is 1. The summed E-state index contributed by atoms with van der Waals surface area (Å²) < 4.78 is 80.7. The van der Waals surface area contributed by atoms with E-state index in [2.05, 4.69) is 4.74 Å². The fourth-order valence-corrected chi connectivity index (χ4v) is 4.05. The maximum absolute atomic E-state index is 14.1. The number of ether oxygens (including phenoxy) is 2. The third kappa shape index (κ3) is 5.46. The highest BCUT2D eigenvalue weighted by atomic mass is 35.5. The molecular formula is C27H19ClF5NO3. The molecule has 0 spiro atoms. The van der Waals surface area contributed by atoms with Gasteiger partial charge in [0.2, 0.25) is 0 Å². The van der Waals surface area contributed by atoms with Gasteiger partial charge in [-0.15, -0.1) is 0 Å². The number of carbonyl (C=O) groups is 1. The fourth-order valence-electron chi connectivity index (χ4n) is 3.87. The highest BCUT2D eigenvalue weighted by molar-refractivity contribution is 6.31. The van der Waals surface area contributed by atoms with Gasteiger partial charge in [0.25, 0.3) is 0 Å². The van der Waals surface area contributed by atoms with Crippen LogP contribution in [0.25, 0.3) is 16.9 Å². The van der Waals surface area contributed by atoms with E-state index in [0.717, 1.165) is 25.3 Å². The molecule has 10 heteroatoms. The van der Waals surface area contributed by atoms with Gasteiger partial charge in [-0.2, -0.15) is 13.2 Å². The number of aromatic nitrogens is 1. The third-order valence-corrected chi connectivity index (χ3v) is 5.87. The first-order valence-corrected chi connectivity index (χ1v) is 11.2. The Bertz CT molecular complexity index is 1480. The smallest absolute Gasteiger partial charge is 0.416 e. The summed E-state index contributed by atoms with van der Waals surface area (Å²) in [5.41, 5.74) is 0.0403. The summed E-state index contributed by atoms with van der Waals surface area (Å²) in [5, 5.41) is 0.309. The first kappa shape index (κ1) is 26.2. The molecule has 0 unspecified atom stereocenters. The Morgan fingerprint density at radius 3 is 2.46 bits per heavy atom. The minimum atomic E-state index is -4.72. The number of halogens is 6. The first-order chi connectivity index (χ1) is 17.5. The van der Waals surface area contributed by atoms with Gasteiger partial charge in [0, 0.05) is 27.5 Å². The lowest BCUT2D eigenvalue weighted by atomic mass is 10.1. The lowest BCUT2D eigenvalue weighted by Gasteiger charge is -2.18. The average Bonchev–Trinajstić information content (AvgIpc) is 3.25. The molecule has 4 aromatic rings. The molecule has 0 bridgehead atoms. The highest BCUT2D eigenvalue weighted by Crippen LogP contribution is 2.38. The van der Waals surface area contributed by atoms with E-state index in [4.69, 9.17) is 16.3 Å². The molecule has 0 saturated heterocycles. The van der Waals surface area contributed by atoms with Crippen molar-refractivity contribution in [3.8, 4) is 22.7 Å². The number of hydrogen-bond donors (Lipinski definition) is 0. The van der Waals surface area contributed by atoms with Gasteiger partial charge in [0.05, 0.1) is 23.9 Å². The van der Waals surface area contributed by atoms with Crippen molar-refractivity contribution in [3.63, 3.8) is 0 Å². The van der Waals surface area contributed by atoms with Gasteiger partial charge in [0.15, 0.2) is 11.6 Å². The molecule has 0 atom stereocenters. The van der Waals surface area contributed by atoms with Crippen LogP contribution in [0.1, 0.15) is 27.2 Å². The van der Waals surface area contributed by atoms with Crippen LogP contribution in [0.4, 0.5) is 22.0 Å². The lowest BCUT2D eigenvalue weighted by molar-refractivity contribution is -0.137. The van der Waals surface area contributed by atoms with Gasteiger partial charge >= 0.3 is 12.1 Å². The van der Waals surface area contributed by atoms with Crippen molar-refractivity contribution < 1.29 is 36.2 Å². The first-order valence-electron chi connectivity index (χ1n) is 10.8. The molecule has 192 valence electrons. The Morgan fingerprint density at radius 1 is 1.00 bits per heavy atom. The van der Waals surface area contributed by atoms with E-state index in [0.29, 0.717) is 22.0 Å². The van der Waals surface area contributed by atoms with Crippen molar-refractivity contribution >= 4 is 17.6 Å². The molecule has 0 saturated carbocycles. The zero-order chi connectivity index (χ0) is 26.9. The van der Waals surface area contributed by atoms with Crippen LogP contribution in [0.5, 0.6) is 5.75 Å². The molecule has 0 aliphatic heterocycles. The summed E-state index contributed by atoms with van der Waals surface area (Å²) in [6.07, 6.45) is -4.72. The number of hydrogen-bond acceptors (Lipinski definition) is 3. The number of nitrogens with zero attached hydrogens (tertiary/aromatic N) is 1. The van der Waals surface area contributed by atoms with E-state index in [1.807, 2.05) is 0 Å². The number of methoxy groups -OCH3 is 1. The van der Waals surface area contributed by atoms with E-state index in [1.165, 1.54) is 34.9 Å². The van der Waals surface area contributed by atoms with Crippen LogP contribution in [0.15, 0.2) is 66.7 Å². The van der Waals surface area contributed by atoms with E-state index in [9.17, 15) is 26.7 Å².